The molecule has 0 aliphatic rings. The summed E-state index contributed by atoms with van der Waals surface area (Å²) in [4.78, 5) is 21.6. The third-order valence-corrected chi connectivity index (χ3v) is 4.36. The van der Waals surface area contributed by atoms with E-state index in [1.807, 2.05) is 17.5 Å². The second kappa shape index (κ2) is 5.60. The predicted molar refractivity (Wildman–Crippen MR) is 87.7 cm³/mol. The number of halogens is 1. The molecule has 0 unspecified atom stereocenters. The van der Waals surface area contributed by atoms with Gasteiger partial charge in [0, 0.05) is 10.6 Å². The first-order valence-corrected chi connectivity index (χ1v) is 7.97. The second-order valence-corrected chi connectivity index (χ2v) is 6.17. The Labute approximate surface area is 139 Å². The summed E-state index contributed by atoms with van der Waals surface area (Å²) in [7, 11) is 0. The van der Waals surface area contributed by atoms with E-state index in [0.717, 1.165) is 10.4 Å². The van der Waals surface area contributed by atoms with E-state index in [1.165, 1.54) is 22.2 Å². The molecule has 3 heterocycles. The molecule has 3 aromatic heterocycles. The Morgan fingerprint density at radius 3 is 3.09 bits per heavy atom. The lowest BCUT2D eigenvalue weighted by Gasteiger charge is -2.00. The van der Waals surface area contributed by atoms with Crippen LogP contribution in [0.15, 0.2) is 51.4 Å². The molecule has 0 saturated heterocycles. The summed E-state index contributed by atoms with van der Waals surface area (Å²) in [5, 5.41) is 6.95. The van der Waals surface area contributed by atoms with E-state index in [-0.39, 0.29) is 12.1 Å². The highest BCUT2D eigenvalue weighted by molar-refractivity contribution is 7.16. The van der Waals surface area contributed by atoms with E-state index in [4.69, 9.17) is 16.1 Å². The Bertz CT molecular complexity index is 1050. The van der Waals surface area contributed by atoms with E-state index in [9.17, 15) is 4.79 Å². The highest BCUT2D eigenvalue weighted by Gasteiger charge is 2.12. The quantitative estimate of drug-likeness (QED) is 0.570. The van der Waals surface area contributed by atoms with Gasteiger partial charge >= 0.3 is 0 Å². The van der Waals surface area contributed by atoms with Crippen molar-refractivity contribution in [2.75, 3.05) is 0 Å². The number of thiophene rings is 1. The Kier molecular flexibility index (Phi) is 3.44. The molecule has 23 heavy (non-hydrogen) atoms. The lowest BCUT2D eigenvalue weighted by Crippen LogP contribution is -2.20. The van der Waals surface area contributed by atoms with Gasteiger partial charge in [0.1, 0.15) is 11.4 Å². The molecule has 0 fully saturated rings. The summed E-state index contributed by atoms with van der Waals surface area (Å²) in [6.45, 7) is 0.172. The molecular weight excluding hydrogens is 336 g/mol. The highest BCUT2D eigenvalue weighted by atomic mass is 35.5. The van der Waals surface area contributed by atoms with Gasteiger partial charge in [0.2, 0.25) is 11.7 Å². The Balaban J connectivity index is 1.66. The van der Waals surface area contributed by atoms with E-state index in [0.29, 0.717) is 22.1 Å². The summed E-state index contributed by atoms with van der Waals surface area (Å²) < 4.78 is 6.67. The van der Waals surface area contributed by atoms with Crippen LogP contribution in [-0.2, 0) is 6.54 Å². The van der Waals surface area contributed by atoms with Crippen LogP contribution in [0.2, 0.25) is 5.02 Å². The van der Waals surface area contributed by atoms with Gasteiger partial charge in [-0.3, -0.25) is 9.36 Å². The molecule has 0 amide bonds. The van der Waals surface area contributed by atoms with E-state index in [2.05, 4.69) is 15.1 Å². The second-order valence-electron chi connectivity index (χ2n) is 4.84. The molecule has 4 aromatic rings. The number of rotatable bonds is 3. The van der Waals surface area contributed by atoms with Gasteiger partial charge in [0.05, 0.1) is 11.7 Å². The first-order chi connectivity index (χ1) is 11.2. The van der Waals surface area contributed by atoms with Crippen LogP contribution in [0.5, 0.6) is 0 Å². The molecule has 4 rings (SSSR count). The molecule has 0 aliphatic carbocycles. The first-order valence-electron chi connectivity index (χ1n) is 6.72. The van der Waals surface area contributed by atoms with Gasteiger partial charge in [0.25, 0.3) is 5.56 Å². The molecule has 0 atom stereocenters. The normalized spacial score (nSPS) is 11.2. The lowest BCUT2D eigenvalue weighted by atomic mass is 10.2. The number of benzene rings is 1. The molecule has 0 spiro atoms. The number of hydrogen-bond acceptors (Lipinski definition) is 6. The SMILES string of the molecule is O=c1c2ccsc2ncn1Cc1nc(-c2cccc(Cl)c2)no1. The molecule has 0 bridgehead atoms. The third kappa shape index (κ3) is 2.64. The average molecular weight is 345 g/mol. The molecule has 0 radical (unpaired) electrons. The average Bonchev–Trinajstić information content (AvgIpc) is 3.20. The number of fused-ring (bicyclic) bond motifs is 1. The first kappa shape index (κ1) is 14.1. The fourth-order valence-electron chi connectivity index (χ4n) is 2.22. The zero-order chi connectivity index (χ0) is 15.8. The van der Waals surface area contributed by atoms with Gasteiger partial charge in [-0.15, -0.1) is 11.3 Å². The molecule has 0 saturated carbocycles. The molecule has 6 nitrogen and oxygen atoms in total. The minimum absolute atomic E-state index is 0.126. The Morgan fingerprint density at radius 2 is 2.22 bits per heavy atom. The molecule has 0 aliphatic heterocycles. The van der Waals surface area contributed by atoms with Crippen molar-refractivity contribution in [3.8, 4) is 11.4 Å². The van der Waals surface area contributed by atoms with Crippen LogP contribution in [0.3, 0.4) is 0 Å². The molecule has 1 aromatic carbocycles. The maximum Gasteiger partial charge on any atom is 0.262 e. The van der Waals surface area contributed by atoms with Crippen LogP contribution in [0.25, 0.3) is 21.6 Å². The van der Waals surface area contributed by atoms with Crippen LogP contribution in [0.4, 0.5) is 0 Å². The van der Waals surface area contributed by atoms with Crippen LogP contribution in [0, 0.1) is 0 Å². The highest BCUT2D eigenvalue weighted by Crippen LogP contribution is 2.20. The number of aromatic nitrogens is 4. The predicted octanol–water partition coefficient (Wildman–Crippen LogP) is 3.21. The minimum Gasteiger partial charge on any atom is -0.337 e. The van der Waals surface area contributed by atoms with Crippen LogP contribution in [0.1, 0.15) is 5.89 Å². The third-order valence-electron chi connectivity index (χ3n) is 3.31. The van der Waals surface area contributed by atoms with E-state index in [1.54, 1.807) is 18.2 Å². The van der Waals surface area contributed by atoms with Crippen molar-refractivity contribution in [2.45, 2.75) is 6.54 Å². The fourth-order valence-corrected chi connectivity index (χ4v) is 3.13. The van der Waals surface area contributed by atoms with E-state index < -0.39 is 0 Å². The van der Waals surface area contributed by atoms with Crippen molar-refractivity contribution < 1.29 is 4.52 Å². The molecule has 8 heteroatoms. The zero-order valence-electron chi connectivity index (χ0n) is 11.6. The van der Waals surface area contributed by atoms with Crippen molar-refractivity contribution in [3.05, 3.63) is 63.3 Å². The number of hydrogen-bond donors (Lipinski definition) is 0. The van der Waals surface area contributed by atoms with Crippen LogP contribution >= 0.6 is 22.9 Å². The van der Waals surface area contributed by atoms with Crippen molar-refractivity contribution in [1.29, 1.82) is 0 Å². The van der Waals surface area contributed by atoms with E-state index >= 15 is 0 Å². The molecular formula is C15H9ClN4O2S. The van der Waals surface area contributed by atoms with Crippen molar-refractivity contribution in [1.82, 2.24) is 19.7 Å². The Morgan fingerprint density at radius 1 is 1.30 bits per heavy atom. The van der Waals surface area contributed by atoms with Gasteiger partial charge in [-0.1, -0.05) is 28.9 Å². The van der Waals surface area contributed by atoms with Gasteiger partial charge in [0.15, 0.2) is 0 Å². The molecule has 114 valence electrons. The van der Waals surface area contributed by atoms with Crippen LogP contribution < -0.4 is 5.56 Å². The van der Waals surface area contributed by atoms with Gasteiger partial charge in [-0.2, -0.15) is 4.98 Å². The van der Waals surface area contributed by atoms with Crippen molar-refractivity contribution in [3.63, 3.8) is 0 Å². The minimum atomic E-state index is -0.126. The number of nitrogens with zero attached hydrogens (tertiary/aromatic N) is 4. The van der Waals surface area contributed by atoms with Gasteiger partial charge < -0.3 is 4.52 Å². The topological polar surface area (TPSA) is 73.8 Å². The standard InChI is InChI=1S/C15H9ClN4O2S/c16-10-3-1-2-9(6-10)13-18-12(22-19-13)7-20-8-17-14-11(15(20)21)4-5-23-14/h1-6,8H,7H2. The van der Waals surface area contributed by atoms with Gasteiger partial charge in [-0.05, 0) is 23.6 Å². The van der Waals surface area contributed by atoms with Crippen molar-refractivity contribution >= 4 is 33.2 Å². The summed E-state index contributed by atoms with van der Waals surface area (Å²) in [5.74, 6) is 0.763. The summed E-state index contributed by atoms with van der Waals surface area (Å²) in [6, 6.07) is 8.93. The summed E-state index contributed by atoms with van der Waals surface area (Å²) in [5.41, 5.74) is 0.630. The maximum atomic E-state index is 12.3. The van der Waals surface area contributed by atoms with Crippen molar-refractivity contribution in [2.24, 2.45) is 0 Å². The zero-order valence-corrected chi connectivity index (χ0v) is 13.2. The Hall–Kier alpha value is -2.51. The summed E-state index contributed by atoms with van der Waals surface area (Å²) in [6.07, 6.45) is 1.49. The largest absolute Gasteiger partial charge is 0.337 e. The fraction of sp³-hybridized carbons (Fsp3) is 0.0667. The molecule has 0 N–H and O–H groups in total. The maximum absolute atomic E-state index is 12.3. The summed E-state index contributed by atoms with van der Waals surface area (Å²) >= 11 is 7.39. The lowest BCUT2D eigenvalue weighted by molar-refractivity contribution is 0.369. The monoisotopic (exact) mass is 344 g/mol. The van der Waals surface area contributed by atoms with Gasteiger partial charge in [-0.25, -0.2) is 4.98 Å². The smallest absolute Gasteiger partial charge is 0.262 e. The van der Waals surface area contributed by atoms with Crippen LogP contribution in [-0.4, -0.2) is 19.7 Å².